The standard InChI is InChI=1S/C8H17FN2.H2/c1-3-11-5-4-8(10-2)7(9)6-11;/h7-8,10H,3-6H2,1-2H3;1H/t7-,8-;/m1./s1. The summed E-state index contributed by atoms with van der Waals surface area (Å²) in [5.41, 5.74) is 0. The zero-order valence-corrected chi connectivity index (χ0v) is 7.31. The zero-order valence-electron chi connectivity index (χ0n) is 7.31. The third kappa shape index (κ3) is 2.14. The van der Waals surface area contributed by atoms with E-state index in [0.717, 1.165) is 19.5 Å². The van der Waals surface area contributed by atoms with E-state index in [0.29, 0.717) is 6.54 Å². The molecule has 2 nitrogen and oxygen atoms in total. The number of hydrogen-bond acceptors (Lipinski definition) is 2. The summed E-state index contributed by atoms with van der Waals surface area (Å²) in [7, 11) is 1.83. The number of halogens is 1. The van der Waals surface area contributed by atoms with Crippen molar-refractivity contribution in [2.75, 3.05) is 26.7 Å². The van der Waals surface area contributed by atoms with Crippen molar-refractivity contribution in [3.8, 4) is 0 Å². The van der Waals surface area contributed by atoms with Gasteiger partial charge in [0.2, 0.25) is 0 Å². The molecule has 11 heavy (non-hydrogen) atoms. The highest BCUT2D eigenvalue weighted by Crippen LogP contribution is 2.12. The molecule has 1 fully saturated rings. The molecule has 0 aliphatic carbocycles. The molecule has 2 atom stereocenters. The molecular formula is C8H19FN2. The molecule has 0 aromatic rings. The van der Waals surface area contributed by atoms with Gasteiger partial charge in [0.15, 0.2) is 0 Å². The molecule has 1 rings (SSSR count). The number of rotatable bonds is 2. The maximum Gasteiger partial charge on any atom is 0.128 e. The van der Waals surface area contributed by atoms with Gasteiger partial charge in [-0.1, -0.05) is 6.92 Å². The van der Waals surface area contributed by atoms with E-state index in [-0.39, 0.29) is 7.47 Å². The predicted octanol–water partition coefficient (Wildman–Crippen LogP) is 0.884. The van der Waals surface area contributed by atoms with Gasteiger partial charge >= 0.3 is 0 Å². The third-order valence-corrected chi connectivity index (χ3v) is 2.44. The van der Waals surface area contributed by atoms with E-state index in [1.807, 2.05) is 7.05 Å². The first-order chi connectivity index (χ1) is 5.27. The molecule has 1 saturated heterocycles. The minimum atomic E-state index is -0.686. The monoisotopic (exact) mass is 162 g/mol. The second kappa shape index (κ2) is 4.02. The lowest BCUT2D eigenvalue weighted by atomic mass is 10.0. The van der Waals surface area contributed by atoms with Crippen LogP contribution in [0.3, 0.4) is 0 Å². The van der Waals surface area contributed by atoms with Crippen molar-refractivity contribution in [1.82, 2.24) is 10.2 Å². The van der Waals surface area contributed by atoms with Crippen molar-refractivity contribution in [1.29, 1.82) is 0 Å². The smallest absolute Gasteiger partial charge is 0.128 e. The quantitative estimate of drug-likeness (QED) is 0.648. The molecule has 0 amide bonds. The van der Waals surface area contributed by atoms with Crippen molar-refractivity contribution in [2.24, 2.45) is 0 Å². The van der Waals surface area contributed by atoms with Crippen LogP contribution in [-0.4, -0.2) is 43.8 Å². The summed E-state index contributed by atoms with van der Waals surface area (Å²) in [6, 6.07) is 0.0813. The molecule has 0 radical (unpaired) electrons. The normalized spacial score (nSPS) is 34.1. The van der Waals surface area contributed by atoms with Gasteiger partial charge in [-0.15, -0.1) is 0 Å². The highest BCUT2D eigenvalue weighted by atomic mass is 19.1. The Bertz CT molecular complexity index is 124. The van der Waals surface area contributed by atoms with Crippen LogP contribution >= 0.6 is 0 Å². The number of alkyl halides is 1. The van der Waals surface area contributed by atoms with Gasteiger partial charge < -0.3 is 10.2 Å². The highest BCUT2D eigenvalue weighted by Gasteiger charge is 2.26. The molecule has 0 unspecified atom stereocenters. The first-order valence-corrected chi connectivity index (χ1v) is 4.31. The van der Waals surface area contributed by atoms with Gasteiger partial charge in [0.05, 0.1) is 0 Å². The van der Waals surface area contributed by atoms with E-state index in [2.05, 4.69) is 17.1 Å². The average Bonchev–Trinajstić information content (AvgIpc) is 2.04. The molecule has 0 bridgehead atoms. The maximum absolute atomic E-state index is 13.2. The maximum atomic E-state index is 13.2. The lowest BCUT2D eigenvalue weighted by Gasteiger charge is -2.33. The molecule has 0 aromatic carbocycles. The van der Waals surface area contributed by atoms with Crippen LogP contribution in [0.15, 0.2) is 0 Å². The molecular weight excluding hydrogens is 143 g/mol. The molecule has 68 valence electrons. The van der Waals surface area contributed by atoms with Crippen LogP contribution in [-0.2, 0) is 0 Å². The van der Waals surface area contributed by atoms with Crippen LogP contribution in [0.1, 0.15) is 14.8 Å². The largest absolute Gasteiger partial charge is 0.314 e. The second-order valence-electron chi connectivity index (χ2n) is 3.09. The van der Waals surface area contributed by atoms with Gasteiger partial charge in [-0.05, 0) is 26.6 Å². The Morgan fingerprint density at radius 1 is 1.73 bits per heavy atom. The van der Waals surface area contributed by atoms with Crippen LogP contribution in [0.4, 0.5) is 4.39 Å². The molecule has 0 spiro atoms. The summed E-state index contributed by atoms with van der Waals surface area (Å²) in [5.74, 6) is 0. The molecule has 1 N–H and O–H groups in total. The molecule has 0 aromatic heterocycles. The number of likely N-dealkylation sites (tertiary alicyclic amines) is 1. The number of nitrogens with zero attached hydrogens (tertiary/aromatic N) is 1. The fourth-order valence-corrected chi connectivity index (χ4v) is 1.58. The Hall–Kier alpha value is -0.150. The van der Waals surface area contributed by atoms with Gasteiger partial charge in [0, 0.05) is 14.0 Å². The lowest BCUT2D eigenvalue weighted by Crippen LogP contribution is -2.49. The fraction of sp³-hybridized carbons (Fsp3) is 1.00. The van der Waals surface area contributed by atoms with Gasteiger partial charge in [0.1, 0.15) is 6.17 Å². The van der Waals surface area contributed by atoms with Crippen LogP contribution in [0.5, 0.6) is 0 Å². The highest BCUT2D eigenvalue weighted by molar-refractivity contribution is 4.83. The van der Waals surface area contributed by atoms with Crippen LogP contribution in [0.2, 0.25) is 0 Å². The predicted molar refractivity (Wildman–Crippen MR) is 46.6 cm³/mol. The first kappa shape index (κ1) is 8.94. The van der Waals surface area contributed by atoms with E-state index in [4.69, 9.17) is 0 Å². The topological polar surface area (TPSA) is 15.3 Å². The third-order valence-electron chi connectivity index (χ3n) is 2.44. The van der Waals surface area contributed by atoms with Crippen LogP contribution < -0.4 is 5.32 Å². The number of piperidine rings is 1. The first-order valence-electron chi connectivity index (χ1n) is 4.31. The zero-order chi connectivity index (χ0) is 8.27. The number of hydrogen-bond donors (Lipinski definition) is 1. The summed E-state index contributed by atoms with van der Waals surface area (Å²) >= 11 is 0. The van der Waals surface area contributed by atoms with E-state index in [1.165, 1.54) is 0 Å². The van der Waals surface area contributed by atoms with Crippen molar-refractivity contribution in [2.45, 2.75) is 25.6 Å². The molecule has 3 heteroatoms. The van der Waals surface area contributed by atoms with Gasteiger partial charge in [-0.2, -0.15) is 0 Å². The van der Waals surface area contributed by atoms with E-state index in [1.54, 1.807) is 0 Å². The van der Waals surface area contributed by atoms with Crippen molar-refractivity contribution in [3.63, 3.8) is 0 Å². The van der Waals surface area contributed by atoms with Crippen molar-refractivity contribution >= 4 is 0 Å². The second-order valence-corrected chi connectivity index (χ2v) is 3.09. The van der Waals surface area contributed by atoms with E-state index in [9.17, 15) is 4.39 Å². The molecule has 0 saturated carbocycles. The number of nitrogens with one attached hydrogen (secondary N) is 1. The van der Waals surface area contributed by atoms with Gasteiger partial charge in [0.25, 0.3) is 0 Å². The Kier molecular flexibility index (Phi) is 3.27. The minimum absolute atomic E-state index is 0. The molecule has 1 aliphatic heterocycles. The average molecular weight is 162 g/mol. The Labute approximate surface area is 69.2 Å². The lowest BCUT2D eigenvalue weighted by molar-refractivity contribution is 0.112. The summed E-state index contributed by atoms with van der Waals surface area (Å²) in [5, 5.41) is 3.00. The summed E-state index contributed by atoms with van der Waals surface area (Å²) in [6.45, 7) is 4.67. The Morgan fingerprint density at radius 2 is 2.45 bits per heavy atom. The van der Waals surface area contributed by atoms with E-state index >= 15 is 0 Å². The molecule has 1 heterocycles. The summed E-state index contributed by atoms with van der Waals surface area (Å²) in [6.07, 6.45) is 0.250. The fourth-order valence-electron chi connectivity index (χ4n) is 1.58. The van der Waals surface area contributed by atoms with Gasteiger partial charge in [-0.25, -0.2) is 4.39 Å². The van der Waals surface area contributed by atoms with Gasteiger partial charge in [-0.3, -0.25) is 0 Å². The van der Waals surface area contributed by atoms with E-state index < -0.39 is 6.17 Å². The van der Waals surface area contributed by atoms with Crippen LogP contribution in [0, 0.1) is 0 Å². The summed E-state index contributed by atoms with van der Waals surface area (Å²) < 4.78 is 13.2. The minimum Gasteiger partial charge on any atom is -0.314 e. The summed E-state index contributed by atoms with van der Waals surface area (Å²) in [4.78, 5) is 2.15. The Morgan fingerprint density at radius 3 is 2.91 bits per heavy atom. The van der Waals surface area contributed by atoms with Crippen molar-refractivity contribution in [3.05, 3.63) is 0 Å². The van der Waals surface area contributed by atoms with Crippen molar-refractivity contribution < 1.29 is 5.82 Å². The van der Waals surface area contributed by atoms with Crippen LogP contribution in [0.25, 0.3) is 0 Å². The Balaban J connectivity index is 0.00000121. The molecule has 1 aliphatic rings. The SMILES string of the molecule is CCN1CC[C@@H](NC)[C@H](F)C1.[HH].